The summed E-state index contributed by atoms with van der Waals surface area (Å²) in [4.78, 5) is 14.8. The van der Waals surface area contributed by atoms with Gasteiger partial charge in [-0.05, 0) is 36.9 Å². The van der Waals surface area contributed by atoms with Crippen LogP contribution in [0.5, 0.6) is 0 Å². The van der Waals surface area contributed by atoms with Gasteiger partial charge in [-0.25, -0.2) is 4.39 Å². The maximum absolute atomic E-state index is 12.9. The topological polar surface area (TPSA) is 32.3 Å². The number of carbonyl (C=O) groups is 1. The number of carbonyl (C=O) groups excluding carboxylic acids is 1. The van der Waals surface area contributed by atoms with Gasteiger partial charge in [-0.3, -0.25) is 4.79 Å². The Morgan fingerprint density at radius 3 is 2.45 bits per heavy atom. The van der Waals surface area contributed by atoms with Gasteiger partial charge in [0.2, 0.25) is 5.91 Å². The molecule has 1 N–H and O–H groups in total. The van der Waals surface area contributed by atoms with Crippen LogP contribution in [0.3, 0.4) is 0 Å². The van der Waals surface area contributed by atoms with Crippen molar-refractivity contribution in [3.05, 3.63) is 66.0 Å². The number of benzene rings is 2. The molecule has 0 aromatic heterocycles. The summed E-state index contributed by atoms with van der Waals surface area (Å²) in [5.74, 6) is -0.227. The average molecular weight is 298 g/mol. The number of likely N-dealkylation sites (tertiary alicyclic amines) is 1. The number of halogens is 1. The van der Waals surface area contributed by atoms with Gasteiger partial charge in [-0.15, -0.1) is 0 Å². The lowest BCUT2D eigenvalue weighted by molar-refractivity contribution is -0.119. The zero-order chi connectivity index (χ0) is 15.5. The molecule has 0 saturated carbocycles. The first-order valence-electron chi connectivity index (χ1n) is 7.43. The molecule has 2 aromatic rings. The second kappa shape index (κ2) is 6.28. The summed E-state index contributed by atoms with van der Waals surface area (Å²) in [5.41, 5.74) is 1.82. The Hall–Kier alpha value is -2.20. The molecule has 0 bridgehead atoms. The number of amides is 1. The van der Waals surface area contributed by atoms with Crippen LogP contribution in [0.4, 0.5) is 10.1 Å². The fraction of sp³-hybridized carbons (Fsp3) is 0.278. The minimum absolute atomic E-state index is 0.00943. The van der Waals surface area contributed by atoms with Crippen molar-refractivity contribution >= 4 is 11.6 Å². The molecule has 1 fully saturated rings. The third-order valence-corrected chi connectivity index (χ3v) is 4.18. The van der Waals surface area contributed by atoms with E-state index in [1.807, 2.05) is 25.2 Å². The maximum atomic E-state index is 12.9. The third-order valence-electron chi connectivity index (χ3n) is 4.18. The lowest BCUT2D eigenvalue weighted by Gasteiger charge is -2.18. The van der Waals surface area contributed by atoms with Crippen LogP contribution < -0.4 is 5.32 Å². The highest BCUT2D eigenvalue weighted by atomic mass is 19.1. The van der Waals surface area contributed by atoms with E-state index in [1.165, 1.54) is 17.7 Å². The molecule has 4 heteroatoms. The molecule has 114 valence electrons. The Kier molecular flexibility index (Phi) is 4.20. The first-order chi connectivity index (χ1) is 10.6. The van der Waals surface area contributed by atoms with Gasteiger partial charge in [0.15, 0.2) is 0 Å². The zero-order valence-electron chi connectivity index (χ0n) is 12.5. The summed E-state index contributed by atoms with van der Waals surface area (Å²) in [6.45, 7) is 1.60. The quantitative estimate of drug-likeness (QED) is 0.944. The lowest BCUT2D eigenvalue weighted by atomic mass is 9.88. The summed E-state index contributed by atoms with van der Waals surface area (Å²) in [5, 5.41) is 2.90. The molecule has 0 unspecified atom stereocenters. The van der Waals surface area contributed by atoms with Crippen molar-refractivity contribution in [1.29, 1.82) is 0 Å². The van der Waals surface area contributed by atoms with Crippen LogP contribution in [-0.2, 0) is 4.79 Å². The van der Waals surface area contributed by atoms with E-state index in [9.17, 15) is 9.18 Å². The molecule has 1 saturated heterocycles. The van der Waals surface area contributed by atoms with Crippen molar-refractivity contribution in [1.82, 2.24) is 4.90 Å². The van der Waals surface area contributed by atoms with E-state index in [0.717, 1.165) is 13.1 Å². The van der Waals surface area contributed by atoms with E-state index in [2.05, 4.69) is 22.3 Å². The first kappa shape index (κ1) is 14.7. The van der Waals surface area contributed by atoms with Gasteiger partial charge >= 0.3 is 0 Å². The highest BCUT2D eigenvalue weighted by molar-refractivity contribution is 5.93. The highest BCUT2D eigenvalue weighted by Gasteiger charge is 2.36. The lowest BCUT2D eigenvalue weighted by Crippen LogP contribution is -2.28. The molecular formula is C18H19FN2O. The van der Waals surface area contributed by atoms with E-state index in [1.54, 1.807) is 12.1 Å². The van der Waals surface area contributed by atoms with Gasteiger partial charge in [0.25, 0.3) is 0 Å². The molecule has 1 amide bonds. The van der Waals surface area contributed by atoms with Crippen molar-refractivity contribution in [2.24, 2.45) is 5.92 Å². The summed E-state index contributed by atoms with van der Waals surface area (Å²) in [6, 6.07) is 16.0. The number of nitrogens with one attached hydrogen (secondary N) is 1. The number of hydrogen-bond donors (Lipinski definition) is 1. The SMILES string of the molecule is CN1C[C@H](C(=O)Nc2ccc(F)cc2)[C@@H](c2ccccc2)C1. The number of rotatable bonds is 3. The fourth-order valence-electron chi connectivity index (χ4n) is 3.07. The standard InChI is InChI=1S/C18H19FN2O/c1-21-11-16(13-5-3-2-4-6-13)17(12-21)18(22)20-15-9-7-14(19)8-10-15/h2-10,16-17H,11-12H2,1H3,(H,20,22)/t16-,17+/m1/s1. The Bertz CT molecular complexity index is 642. The molecule has 22 heavy (non-hydrogen) atoms. The van der Waals surface area contributed by atoms with Crippen molar-refractivity contribution in [2.75, 3.05) is 25.5 Å². The number of nitrogens with zero attached hydrogens (tertiary/aromatic N) is 1. The number of hydrogen-bond acceptors (Lipinski definition) is 2. The van der Waals surface area contributed by atoms with E-state index in [0.29, 0.717) is 5.69 Å². The molecule has 2 atom stereocenters. The molecule has 2 aromatic carbocycles. The first-order valence-corrected chi connectivity index (χ1v) is 7.43. The zero-order valence-corrected chi connectivity index (χ0v) is 12.5. The average Bonchev–Trinajstić information content (AvgIpc) is 2.92. The van der Waals surface area contributed by atoms with Crippen LogP contribution in [0.25, 0.3) is 0 Å². The second-order valence-corrected chi connectivity index (χ2v) is 5.84. The van der Waals surface area contributed by atoms with E-state index >= 15 is 0 Å². The van der Waals surface area contributed by atoms with Crippen molar-refractivity contribution in [3.8, 4) is 0 Å². The molecule has 0 radical (unpaired) electrons. The Labute approximate surface area is 129 Å². The Balaban J connectivity index is 1.76. The predicted octanol–water partition coefficient (Wildman–Crippen LogP) is 3.11. The molecular weight excluding hydrogens is 279 g/mol. The normalized spacial score (nSPS) is 21.7. The maximum Gasteiger partial charge on any atom is 0.229 e. The van der Waals surface area contributed by atoms with Crippen LogP contribution in [0.15, 0.2) is 54.6 Å². The van der Waals surface area contributed by atoms with E-state index < -0.39 is 0 Å². The smallest absolute Gasteiger partial charge is 0.229 e. The van der Waals surface area contributed by atoms with Crippen molar-refractivity contribution < 1.29 is 9.18 Å². The Morgan fingerprint density at radius 2 is 1.77 bits per heavy atom. The second-order valence-electron chi connectivity index (χ2n) is 5.84. The minimum Gasteiger partial charge on any atom is -0.326 e. The fourth-order valence-corrected chi connectivity index (χ4v) is 3.07. The number of likely N-dealkylation sites (N-methyl/N-ethyl adjacent to an activating group) is 1. The molecule has 3 rings (SSSR count). The van der Waals surface area contributed by atoms with E-state index in [-0.39, 0.29) is 23.6 Å². The van der Waals surface area contributed by atoms with Crippen LogP contribution >= 0.6 is 0 Å². The summed E-state index contributed by atoms with van der Waals surface area (Å²) >= 11 is 0. The summed E-state index contributed by atoms with van der Waals surface area (Å²) in [6.07, 6.45) is 0. The van der Waals surface area contributed by atoms with Crippen molar-refractivity contribution in [2.45, 2.75) is 5.92 Å². The third kappa shape index (κ3) is 3.17. The summed E-state index contributed by atoms with van der Waals surface area (Å²) < 4.78 is 12.9. The van der Waals surface area contributed by atoms with Crippen LogP contribution in [-0.4, -0.2) is 30.9 Å². The summed E-state index contributed by atoms with van der Waals surface area (Å²) in [7, 11) is 2.03. The monoisotopic (exact) mass is 298 g/mol. The molecule has 3 nitrogen and oxygen atoms in total. The van der Waals surface area contributed by atoms with Gasteiger partial charge in [-0.2, -0.15) is 0 Å². The molecule has 1 aliphatic rings. The predicted molar refractivity (Wildman–Crippen MR) is 85.2 cm³/mol. The Morgan fingerprint density at radius 1 is 1.09 bits per heavy atom. The van der Waals surface area contributed by atoms with Crippen LogP contribution in [0.1, 0.15) is 11.5 Å². The van der Waals surface area contributed by atoms with Gasteiger partial charge in [0.05, 0.1) is 5.92 Å². The van der Waals surface area contributed by atoms with Crippen LogP contribution in [0, 0.1) is 11.7 Å². The van der Waals surface area contributed by atoms with Gasteiger partial charge < -0.3 is 10.2 Å². The van der Waals surface area contributed by atoms with Gasteiger partial charge in [-0.1, -0.05) is 30.3 Å². The molecule has 0 spiro atoms. The van der Waals surface area contributed by atoms with Gasteiger partial charge in [0.1, 0.15) is 5.82 Å². The number of anilines is 1. The largest absolute Gasteiger partial charge is 0.326 e. The highest BCUT2D eigenvalue weighted by Crippen LogP contribution is 2.32. The van der Waals surface area contributed by atoms with Crippen molar-refractivity contribution in [3.63, 3.8) is 0 Å². The van der Waals surface area contributed by atoms with Crippen LogP contribution in [0.2, 0.25) is 0 Å². The van der Waals surface area contributed by atoms with E-state index in [4.69, 9.17) is 0 Å². The molecule has 0 aliphatic carbocycles. The van der Waals surface area contributed by atoms with Gasteiger partial charge in [0, 0.05) is 24.7 Å². The minimum atomic E-state index is -0.305. The molecule has 1 aliphatic heterocycles. The molecule has 1 heterocycles.